The van der Waals surface area contributed by atoms with Crippen LogP contribution in [-0.2, 0) is 17.1 Å². The van der Waals surface area contributed by atoms with Gasteiger partial charge in [0, 0.05) is 71.5 Å². The monoisotopic (exact) mass is 280 g/mol. The SMILES string of the molecule is [Cu].[Ge].[In].[Si]. The van der Waals surface area contributed by atoms with Gasteiger partial charge < -0.3 is 0 Å². The number of hydrogen-bond acceptors (Lipinski definition) is 0. The van der Waals surface area contributed by atoms with E-state index in [0.717, 1.165) is 0 Å². The van der Waals surface area contributed by atoms with E-state index in [1.165, 1.54) is 0 Å². The van der Waals surface area contributed by atoms with Gasteiger partial charge in [-0.2, -0.15) is 0 Å². The molecule has 0 aromatic rings. The van der Waals surface area contributed by atoms with Crippen molar-refractivity contribution >= 4 is 54.4 Å². The maximum atomic E-state index is 0. The third-order valence-electron chi connectivity index (χ3n) is 0. The van der Waals surface area contributed by atoms with Crippen LogP contribution in [0.15, 0.2) is 0 Å². The molecule has 0 saturated heterocycles. The molecule has 0 spiro atoms. The van der Waals surface area contributed by atoms with E-state index in [4.69, 9.17) is 0 Å². The Balaban J connectivity index is 0. The largest absolute Gasteiger partial charge is 0 e. The van der Waals surface area contributed by atoms with Gasteiger partial charge in [0.15, 0.2) is 0 Å². The van der Waals surface area contributed by atoms with Gasteiger partial charge in [-0.1, -0.05) is 0 Å². The average Bonchev–Trinajstić information content (AvgIpc) is 0. The summed E-state index contributed by atoms with van der Waals surface area (Å²) in [7, 11) is 0. The summed E-state index contributed by atoms with van der Waals surface area (Å²) in [6.45, 7) is 0. The van der Waals surface area contributed by atoms with Crippen molar-refractivity contribution in [1.29, 1.82) is 0 Å². The zero-order valence-corrected chi connectivity index (χ0v) is 9.21. The fourth-order valence-corrected chi connectivity index (χ4v) is 0. The molecule has 0 amide bonds. The molecular formula is CuGeInSi. The molecule has 0 heterocycles. The summed E-state index contributed by atoms with van der Waals surface area (Å²) >= 11 is 0. The summed E-state index contributed by atoms with van der Waals surface area (Å²) in [6, 6.07) is 0. The van der Waals surface area contributed by atoms with Crippen molar-refractivity contribution in [1.82, 2.24) is 0 Å². The minimum Gasteiger partial charge on any atom is 0 e. The van der Waals surface area contributed by atoms with Crippen molar-refractivity contribution in [3.63, 3.8) is 0 Å². The second-order valence-electron chi connectivity index (χ2n) is 0. The molecule has 0 nitrogen and oxygen atoms in total. The molecule has 0 aliphatic carbocycles. The van der Waals surface area contributed by atoms with Crippen molar-refractivity contribution < 1.29 is 17.1 Å². The Morgan fingerprint density at radius 2 is 1.00 bits per heavy atom. The van der Waals surface area contributed by atoms with Gasteiger partial charge in [0.1, 0.15) is 0 Å². The van der Waals surface area contributed by atoms with Crippen molar-refractivity contribution in [2.45, 2.75) is 0 Å². The molecule has 0 aliphatic heterocycles. The van der Waals surface area contributed by atoms with Crippen molar-refractivity contribution in [3.8, 4) is 0 Å². The fraction of sp³-hybridized carbons (Fsp3) is 0. The molecule has 0 saturated carbocycles. The summed E-state index contributed by atoms with van der Waals surface area (Å²) in [5, 5.41) is 0. The zero-order valence-electron chi connectivity index (χ0n) is 1.88. The Bertz CT molecular complexity index is 8.00. The van der Waals surface area contributed by atoms with Gasteiger partial charge in [-0.05, 0) is 0 Å². The number of rotatable bonds is 0. The molecule has 0 aromatic carbocycles. The molecule has 0 rings (SSSR count). The second-order valence-corrected chi connectivity index (χ2v) is 0. The Hall–Kier alpha value is 2.15. The predicted octanol–water partition coefficient (Wildman–Crippen LogP) is -1.14. The number of hydrogen-bond donors (Lipinski definition) is 0. The second kappa shape index (κ2) is 19.2. The maximum absolute atomic E-state index is 0. The van der Waals surface area contributed by atoms with E-state index in [1.54, 1.807) is 0 Å². The molecule has 0 aliphatic rings. The minimum absolute atomic E-state index is 0. The summed E-state index contributed by atoms with van der Waals surface area (Å²) in [4.78, 5) is 0. The van der Waals surface area contributed by atoms with E-state index in [2.05, 4.69) is 0 Å². The van der Waals surface area contributed by atoms with E-state index in [9.17, 15) is 0 Å². The van der Waals surface area contributed by atoms with Crippen molar-refractivity contribution in [2.75, 3.05) is 0 Å². The summed E-state index contributed by atoms with van der Waals surface area (Å²) in [6.07, 6.45) is 0. The van der Waals surface area contributed by atoms with Crippen LogP contribution in [0.1, 0.15) is 0 Å². The predicted molar refractivity (Wildman–Crippen MR) is 17.3 cm³/mol. The van der Waals surface area contributed by atoms with Crippen molar-refractivity contribution in [2.24, 2.45) is 0 Å². The third-order valence-corrected chi connectivity index (χ3v) is 0. The van der Waals surface area contributed by atoms with Crippen LogP contribution in [0.3, 0.4) is 0 Å². The molecule has 0 fully saturated rings. The van der Waals surface area contributed by atoms with Crippen LogP contribution in [0.2, 0.25) is 0 Å². The van der Waals surface area contributed by atoms with E-state index in [-0.39, 0.29) is 71.5 Å². The molecular weight excluding hydrogens is 279 g/mol. The molecule has 0 aromatic heterocycles. The van der Waals surface area contributed by atoms with Crippen LogP contribution >= 0.6 is 0 Å². The van der Waals surface area contributed by atoms with E-state index in [1.807, 2.05) is 0 Å². The molecule has 12 radical (unpaired) electrons. The first-order chi connectivity index (χ1) is 0. The van der Waals surface area contributed by atoms with E-state index < -0.39 is 0 Å². The van der Waals surface area contributed by atoms with E-state index >= 15 is 0 Å². The molecule has 0 unspecified atom stereocenters. The van der Waals surface area contributed by atoms with Gasteiger partial charge in [-0.15, -0.1) is 0 Å². The van der Waals surface area contributed by atoms with Crippen LogP contribution in [0.5, 0.6) is 0 Å². The molecule has 0 N–H and O–H groups in total. The Morgan fingerprint density at radius 1 is 1.00 bits per heavy atom. The standard InChI is InChI=1S/Cu.Ge.In.Si. The van der Waals surface area contributed by atoms with Crippen LogP contribution in [-0.4, -0.2) is 54.4 Å². The zero-order chi connectivity index (χ0) is 0. The Morgan fingerprint density at radius 3 is 1.00 bits per heavy atom. The van der Waals surface area contributed by atoms with Gasteiger partial charge >= 0.3 is 0 Å². The van der Waals surface area contributed by atoms with Gasteiger partial charge in [-0.25, -0.2) is 0 Å². The van der Waals surface area contributed by atoms with Crippen LogP contribution in [0, 0.1) is 0 Å². The van der Waals surface area contributed by atoms with E-state index in [0.29, 0.717) is 0 Å². The quantitative estimate of drug-likeness (QED) is 0.492. The minimum atomic E-state index is 0. The first kappa shape index (κ1) is 35.3. The third kappa shape index (κ3) is 8.91. The Kier molecular flexibility index (Phi) is 169. The first-order valence-corrected chi connectivity index (χ1v) is 0. The van der Waals surface area contributed by atoms with Gasteiger partial charge in [-0.3, -0.25) is 0 Å². The van der Waals surface area contributed by atoms with Crippen LogP contribution in [0.4, 0.5) is 0 Å². The van der Waals surface area contributed by atoms with Crippen LogP contribution in [0.25, 0.3) is 0 Å². The first-order valence-electron chi connectivity index (χ1n) is 0. The molecule has 0 atom stereocenters. The summed E-state index contributed by atoms with van der Waals surface area (Å²) in [5.74, 6) is 0. The summed E-state index contributed by atoms with van der Waals surface area (Å²) < 4.78 is 0. The van der Waals surface area contributed by atoms with Gasteiger partial charge in [0.25, 0.3) is 0 Å². The van der Waals surface area contributed by atoms with Crippen molar-refractivity contribution in [3.05, 3.63) is 0 Å². The maximum Gasteiger partial charge on any atom is 0 e. The van der Waals surface area contributed by atoms with Crippen LogP contribution < -0.4 is 0 Å². The fourth-order valence-electron chi connectivity index (χ4n) is 0. The molecule has 4 heteroatoms. The Labute approximate surface area is 70.7 Å². The molecule has 0 bridgehead atoms. The molecule has 22 valence electrons. The molecule has 4 heavy (non-hydrogen) atoms. The summed E-state index contributed by atoms with van der Waals surface area (Å²) in [5.41, 5.74) is 0. The van der Waals surface area contributed by atoms with Gasteiger partial charge in [0.2, 0.25) is 0 Å². The topological polar surface area (TPSA) is 0 Å². The average molecular weight is 279 g/mol. The smallest absolute Gasteiger partial charge is 0 e. The van der Waals surface area contributed by atoms with Gasteiger partial charge in [0.05, 0.1) is 0 Å². The normalized spacial score (nSPS) is 0.